The first-order chi connectivity index (χ1) is 9.70. The first-order valence-electron chi connectivity index (χ1n) is 6.42. The van der Waals surface area contributed by atoms with Crippen molar-refractivity contribution in [1.29, 1.82) is 0 Å². The van der Waals surface area contributed by atoms with Crippen LogP contribution in [0.3, 0.4) is 0 Å². The predicted octanol–water partition coefficient (Wildman–Crippen LogP) is 3.91. The molecule has 0 aliphatic rings. The minimum absolute atomic E-state index is 0.749. The summed E-state index contributed by atoms with van der Waals surface area (Å²) >= 11 is 2.30. The van der Waals surface area contributed by atoms with Crippen LogP contribution in [0.2, 0.25) is 0 Å². The summed E-state index contributed by atoms with van der Waals surface area (Å²) in [4.78, 5) is 4.39. The Labute approximate surface area is 131 Å². The van der Waals surface area contributed by atoms with Crippen molar-refractivity contribution in [2.24, 2.45) is 0 Å². The summed E-state index contributed by atoms with van der Waals surface area (Å²) in [5, 5.41) is 4.55. The van der Waals surface area contributed by atoms with Crippen molar-refractivity contribution in [2.45, 2.75) is 13.5 Å². The lowest BCUT2D eigenvalue weighted by Gasteiger charge is -2.02. The van der Waals surface area contributed by atoms with Crippen LogP contribution in [-0.2, 0) is 6.54 Å². The molecule has 1 heterocycles. The molecule has 2 aromatic carbocycles. The van der Waals surface area contributed by atoms with E-state index in [2.05, 4.69) is 76.0 Å². The van der Waals surface area contributed by atoms with Crippen molar-refractivity contribution in [3.05, 3.63) is 69.6 Å². The van der Waals surface area contributed by atoms with E-state index in [0.717, 1.165) is 17.9 Å². The molecule has 0 bridgehead atoms. The Bertz CT molecular complexity index is 734. The van der Waals surface area contributed by atoms with Crippen molar-refractivity contribution >= 4 is 22.6 Å². The first-order valence-corrected chi connectivity index (χ1v) is 7.49. The van der Waals surface area contributed by atoms with Crippen LogP contribution in [0.1, 0.15) is 11.1 Å². The highest BCUT2D eigenvalue weighted by Crippen LogP contribution is 2.17. The Morgan fingerprint density at radius 2 is 1.95 bits per heavy atom. The van der Waals surface area contributed by atoms with Crippen LogP contribution >= 0.6 is 22.6 Å². The number of benzene rings is 2. The number of nitrogens with zero attached hydrogens (tertiary/aromatic N) is 3. The number of rotatable bonds is 3. The second-order valence-electron chi connectivity index (χ2n) is 4.77. The molecule has 0 N–H and O–H groups in total. The molecule has 0 saturated heterocycles. The van der Waals surface area contributed by atoms with E-state index in [4.69, 9.17) is 0 Å². The van der Waals surface area contributed by atoms with Gasteiger partial charge < -0.3 is 0 Å². The summed E-state index contributed by atoms with van der Waals surface area (Å²) in [6.45, 7) is 2.85. The summed E-state index contributed by atoms with van der Waals surface area (Å²) in [5.74, 6) is 0.774. The van der Waals surface area contributed by atoms with Gasteiger partial charge in [-0.3, -0.25) is 0 Å². The van der Waals surface area contributed by atoms with E-state index in [0.29, 0.717) is 0 Å². The standard InChI is InChI=1S/C16H14IN3/c1-12-4-2-5-13(8-12)10-20-11-18-16(19-20)14-6-3-7-15(17)9-14/h2-9,11H,10H2,1H3. The number of aromatic nitrogens is 3. The van der Waals surface area contributed by atoms with Gasteiger partial charge in [-0.15, -0.1) is 0 Å². The summed E-state index contributed by atoms with van der Waals surface area (Å²) in [6, 6.07) is 16.7. The van der Waals surface area contributed by atoms with Crippen LogP contribution < -0.4 is 0 Å². The highest BCUT2D eigenvalue weighted by Gasteiger charge is 2.05. The van der Waals surface area contributed by atoms with Gasteiger partial charge in [0, 0.05) is 9.13 Å². The van der Waals surface area contributed by atoms with Gasteiger partial charge in [-0.05, 0) is 47.2 Å². The van der Waals surface area contributed by atoms with E-state index in [9.17, 15) is 0 Å². The van der Waals surface area contributed by atoms with Crippen molar-refractivity contribution < 1.29 is 0 Å². The molecule has 0 atom stereocenters. The van der Waals surface area contributed by atoms with Crippen LogP contribution in [0.15, 0.2) is 54.9 Å². The van der Waals surface area contributed by atoms with Crippen molar-refractivity contribution in [3.8, 4) is 11.4 Å². The van der Waals surface area contributed by atoms with Gasteiger partial charge in [-0.1, -0.05) is 42.0 Å². The average molecular weight is 375 g/mol. The van der Waals surface area contributed by atoms with Gasteiger partial charge in [-0.2, -0.15) is 5.10 Å². The molecule has 1 aromatic heterocycles. The van der Waals surface area contributed by atoms with Gasteiger partial charge in [0.25, 0.3) is 0 Å². The largest absolute Gasteiger partial charge is 0.248 e. The molecule has 0 unspecified atom stereocenters. The molecule has 3 nitrogen and oxygen atoms in total. The van der Waals surface area contributed by atoms with E-state index in [1.54, 1.807) is 6.33 Å². The maximum atomic E-state index is 4.55. The molecule has 0 spiro atoms. The summed E-state index contributed by atoms with van der Waals surface area (Å²) in [5.41, 5.74) is 3.56. The fourth-order valence-corrected chi connectivity index (χ4v) is 2.67. The number of halogens is 1. The summed E-state index contributed by atoms with van der Waals surface area (Å²) in [6.07, 6.45) is 1.79. The summed E-state index contributed by atoms with van der Waals surface area (Å²) in [7, 11) is 0. The number of hydrogen-bond acceptors (Lipinski definition) is 2. The second-order valence-corrected chi connectivity index (χ2v) is 6.01. The third-order valence-electron chi connectivity index (χ3n) is 3.05. The summed E-state index contributed by atoms with van der Waals surface area (Å²) < 4.78 is 3.07. The van der Waals surface area contributed by atoms with E-state index < -0.39 is 0 Å². The van der Waals surface area contributed by atoms with Gasteiger partial charge in [-0.25, -0.2) is 9.67 Å². The zero-order valence-electron chi connectivity index (χ0n) is 11.1. The first kappa shape index (κ1) is 13.3. The van der Waals surface area contributed by atoms with Gasteiger partial charge in [0.1, 0.15) is 6.33 Å². The average Bonchev–Trinajstić information content (AvgIpc) is 2.87. The molecule has 100 valence electrons. The van der Waals surface area contributed by atoms with Crippen LogP contribution in [-0.4, -0.2) is 14.8 Å². The molecule has 4 heteroatoms. The van der Waals surface area contributed by atoms with Crippen LogP contribution in [0, 0.1) is 10.5 Å². The van der Waals surface area contributed by atoms with Crippen molar-refractivity contribution in [1.82, 2.24) is 14.8 Å². The van der Waals surface area contributed by atoms with E-state index in [1.165, 1.54) is 14.7 Å². The Morgan fingerprint density at radius 1 is 1.10 bits per heavy atom. The molecular formula is C16H14IN3. The quantitative estimate of drug-likeness (QED) is 0.650. The zero-order valence-corrected chi connectivity index (χ0v) is 13.3. The van der Waals surface area contributed by atoms with Gasteiger partial charge in [0.2, 0.25) is 0 Å². The second kappa shape index (κ2) is 5.75. The molecule has 0 saturated carbocycles. The Morgan fingerprint density at radius 3 is 2.75 bits per heavy atom. The predicted molar refractivity (Wildman–Crippen MR) is 88.5 cm³/mol. The van der Waals surface area contributed by atoms with E-state index >= 15 is 0 Å². The van der Waals surface area contributed by atoms with E-state index in [1.807, 2.05) is 16.8 Å². The molecule has 0 aliphatic heterocycles. The third-order valence-corrected chi connectivity index (χ3v) is 3.72. The van der Waals surface area contributed by atoms with Crippen molar-refractivity contribution in [3.63, 3.8) is 0 Å². The molecule has 3 rings (SSSR count). The molecule has 0 radical (unpaired) electrons. The highest BCUT2D eigenvalue weighted by atomic mass is 127. The zero-order chi connectivity index (χ0) is 13.9. The molecule has 0 aliphatic carbocycles. The lowest BCUT2D eigenvalue weighted by molar-refractivity contribution is 0.686. The fourth-order valence-electron chi connectivity index (χ4n) is 2.13. The topological polar surface area (TPSA) is 30.7 Å². The molecule has 0 amide bonds. The molecular weight excluding hydrogens is 361 g/mol. The lowest BCUT2D eigenvalue weighted by atomic mass is 10.1. The fraction of sp³-hybridized carbons (Fsp3) is 0.125. The molecule has 0 fully saturated rings. The molecule has 3 aromatic rings. The van der Waals surface area contributed by atoms with Gasteiger partial charge >= 0.3 is 0 Å². The smallest absolute Gasteiger partial charge is 0.181 e. The third kappa shape index (κ3) is 3.07. The number of aryl methyl sites for hydroxylation is 1. The maximum absolute atomic E-state index is 4.55. The Kier molecular flexibility index (Phi) is 3.82. The van der Waals surface area contributed by atoms with Gasteiger partial charge in [0.15, 0.2) is 5.82 Å². The minimum atomic E-state index is 0.749. The number of hydrogen-bond donors (Lipinski definition) is 0. The van der Waals surface area contributed by atoms with Crippen molar-refractivity contribution in [2.75, 3.05) is 0 Å². The highest BCUT2D eigenvalue weighted by molar-refractivity contribution is 14.1. The SMILES string of the molecule is Cc1cccc(Cn2cnc(-c3cccc(I)c3)n2)c1. The van der Waals surface area contributed by atoms with Crippen LogP contribution in [0.5, 0.6) is 0 Å². The maximum Gasteiger partial charge on any atom is 0.181 e. The van der Waals surface area contributed by atoms with Gasteiger partial charge in [0.05, 0.1) is 6.54 Å². The van der Waals surface area contributed by atoms with E-state index in [-0.39, 0.29) is 0 Å². The Hall–Kier alpha value is -1.69. The lowest BCUT2D eigenvalue weighted by Crippen LogP contribution is -2.00. The molecule has 20 heavy (non-hydrogen) atoms. The Balaban J connectivity index is 1.84. The van der Waals surface area contributed by atoms with Crippen LogP contribution in [0.25, 0.3) is 11.4 Å². The minimum Gasteiger partial charge on any atom is -0.248 e. The monoisotopic (exact) mass is 375 g/mol. The normalized spacial score (nSPS) is 10.7. The van der Waals surface area contributed by atoms with Crippen LogP contribution in [0.4, 0.5) is 0 Å².